The highest BCUT2D eigenvalue weighted by Gasteiger charge is 2.55. The Morgan fingerprint density at radius 3 is 1.44 bits per heavy atom. The van der Waals surface area contributed by atoms with E-state index in [1.165, 1.54) is 0 Å². The van der Waals surface area contributed by atoms with Crippen LogP contribution in [0.5, 0.6) is 0 Å². The molecule has 1 aliphatic carbocycles. The summed E-state index contributed by atoms with van der Waals surface area (Å²) < 4.78 is 0. The van der Waals surface area contributed by atoms with E-state index in [9.17, 15) is 0 Å². The molecule has 0 saturated heterocycles. The zero-order valence-electron chi connectivity index (χ0n) is 6.65. The van der Waals surface area contributed by atoms with Gasteiger partial charge in [0.25, 0.3) is 0 Å². The summed E-state index contributed by atoms with van der Waals surface area (Å²) in [6.07, 6.45) is 0. The van der Waals surface area contributed by atoms with E-state index in [4.69, 9.17) is 0 Å². The smallest absolute Gasteiger partial charge is 0.0290 e. The lowest BCUT2D eigenvalue weighted by molar-refractivity contribution is 0.551. The normalized spacial score (nSPS) is 38.7. The molecule has 0 spiro atoms. The summed E-state index contributed by atoms with van der Waals surface area (Å²) in [6, 6.07) is 1.34. The molecular formula is C7H16N2. The van der Waals surface area contributed by atoms with Gasteiger partial charge in [0.2, 0.25) is 0 Å². The predicted octanol–water partition coefficient (Wildman–Crippen LogP) is 0.202. The van der Waals surface area contributed by atoms with Crippen LogP contribution < -0.4 is 10.6 Å². The number of hydrogen-bond acceptors (Lipinski definition) is 2. The van der Waals surface area contributed by atoms with E-state index in [0.717, 1.165) is 0 Å². The number of nitrogens with one attached hydrogen (secondary N) is 2. The summed E-state index contributed by atoms with van der Waals surface area (Å²) in [4.78, 5) is 0. The lowest BCUT2D eigenvalue weighted by Gasteiger charge is -1.98. The van der Waals surface area contributed by atoms with Crippen LogP contribution in [-0.4, -0.2) is 26.2 Å². The van der Waals surface area contributed by atoms with Crippen molar-refractivity contribution in [2.75, 3.05) is 14.1 Å². The molecule has 0 heterocycles. The summed E-state index contributed by atoms with van der Waals surface area (Å²) in [7, 11) is 4.04. The molecule has 0 bridgehead atoms. The number of rotatable bonds is 2. The first kappa shape index (κ1) is 7.03. The molecule has 0 aliphatic heterocycles. The molecule has 2 nitrogen and oxygen atoms in total. The molecule has 2 heteroatoms. The second-order valence-electron chi connectivity index (χ2n) is 3.35. The average molecular weight is 128 g/mol. The molecule has 0 aromatic rings. The highest BCUT2D eigenvalue weighted by molar-refractivity contribution is 5.15. The summed E-state index contributed by atoms with van der Waals surface area (Å²) >= 11 is 0. The molecule has 0 radical (unpaired) electrons. The van der Waals surface area contributed by atoms with E-state index in [0.29, 0.717) is 17.5 Å². The van der Waals surface area contributed by atoms with E-state index in [1.54, 1.807) is 0 Å². The molecule has 0 aromatic carbocycles. The average Bonchev–Trinajstić information content (AvgIpc) is 2.32. The molecule has 0 aromatic heterocycles. The van der Waals surface area contributed by atoms with Gasteiger partial charge in [-0.2, -0.15) is 0 Å². The van der Waals surface area contributed by atoms with Crippen molar-refractivity contribution >= 4 is 0 Å². The highest BCUT2D eigenvalue weighted by Crippen LogP contribution is 2.44. The zero-order chi connectivity index (χ0) is 7.07. The van der Waals surface area contributed by atoms with Gasteiger partial charge in [0.1, 0.15) is 0 Å². The molecule has 1 saturated carbocycles. The summed E-state index contributed by atoms with van der Waals surface area (Å²) in [5.41, 5.74) is 0.462. The Morgan fingerprint density at radius 1 is 1.00 bits per heavy atom. The Balaban J connectivity index is 2.45. The van der Waals surface area contributed by atoms with Crippen molar-refractivity contribution in [1.29, 1.82) is 0 Å². The Labute approximate surface area is 57.0 Å². The van der Waals surface area contributed by atoms with Crippen molar-refractivity contribution < 1.29 is 0 Å². The largest absolute Gasteiger partial charge is 0.315 e. The van der Waals surface area contributed by atoms with Crippen LogP contribution in [0, 0.1) is 5.41 Å². The Morgan fingerprint density at radius 2 is 1.33 bits per heavy atom. The second kappa shape index (κ2) is 1.96. The van der Waals surface area contributed by atoms with Gasteiger partial charge in [-0.1, -0.05) is 13.8 Å². The van der Waals surface area contributed by atoms with Gasteiger partial charge in [0, 0.05) is 12.1 Å². The zero-order valence-corrected chi connectivity index (χ0v) is 6.65. The molecule has 2 N–H and O–H groups in total. The first-order chi connectivity index (χ1) is 4.14. The SMILES string of the molecule is CN[C@@H]1[C@@H](NC)C1(C)C. The third kappa shape index (κ3) is 0.864. The minimum Gasteiger partial charge on any atom is -0.315 e. The van der Waals surface area contributed by atoms with Gasteiger partial charge < -0.3 is 10.6 Å². The molecule has 0 unspecified atom stereocenters. The summed E-state index contributed by atoms with van der Waals surface area (Å²) in [5, 5.41) is 6.54. The highest BCUT2D eigenvalue weighted by atomic mass is 15.1. The van der Waals surface area contributed by atoms with Crippen LogP contribution in [0.2, 0.25) is 0 Å². The van der Waals surface area contributed by atoms with Crippen molar-refractivity contribution in [3.8, 4) is 0 Å². The van der Waals surface area contributed by atoms with Gasteiger partial charge in [-0.25, -0.2) is 0 Å². The third-order valence-corrected chi connectivity index (χ3v) is 2.45. The first-order valence-corrected chi connectivity index (χ1v) is 3.49. The molecule has 1 aliphatic rings. The quantitative estimate of drug-likeness (QED) is 0.555. The van der Waals surface area contributed by atoms with Crippen molar-refractivity contribution in [1.82, 2.24) is 10.6 Å². The van der Waals surface area contributed by atoms with Crippen molar-refractivity contribution in [2.24, 2.45) is 5.41 Å². The van der Waals surface area contributed by atoms with E-state index in [2.05, 4.69) is 24.5 Å². The maximum atomic E-state index is 3.27. The van der Waals surface area contributed by atoms with Crippen LogP contribution in [0.4, 0.5) is 0 Å². The van der Waals surface area contributed by atoms with Crippen LogP contribution in [0.25, 0.3) is 0 Å². The maximum absolute atomic E-state index is 3.27. The van der Waals surface area contributed by atoms with Gasteiger partial charge >= 0.3 is 0 Å². The topological polar surface area (TPSA) is 24.1 Å². The first-order valence-electron chi connectivity index (χ1n) is 3.49. The van der Waals surface area contributed by atoms with Crippen molar-refractivity contribution in [2.45, 2.75) is 25.9 Å². The Bertz CT molecular complexity index is 97.5. The van der Waals surface area contributed by atoms with Gasteiger partial charge in [-0.3, -0.25) is 0 Å². The lowest BCUT2D eigenvalue weighted by atomic mass is 10.2. The van der Waals surface area contributed by atoms with E-state index in [1.807, 2.05) is 14.1 Å². The summed E-state index contributed by atoms with van der Waals surface area (Å²) in [6.45, 7) is 4.55. The lowest BCUT2D eigenvalue weighted by Crippen LogP contribution is -2.21. The maximum Gasteiger partial charge on any atom is 0.0290 e. The number of hydrogen-bond donors (Lipinski definition) is 2. The van der Waals surface area contributed by atoms with Crippen molar-refractivity contribution in [3.63, 3.8) is 0 Å². The third-order valence-electron chi connectivity index (χ3n) is 2.45. The fraction of sp³-hybridized carbons (Fsp3) is 1.00. The van der Waals surface area contributed by atoms with Gasteiger partial charge in [-0.05, 0) is 19.5 Å². The fourth-order valence-corrected chi connectivity index (χ4v) is 1.72. The van der Waals surface area contributed by atoms with Crippen LogP contribution in [0.1, 0.15) is 13.8 Å². The van der Waals surface area contributed by atoms with Crippen molar-refractivity contribution in [3.05, 3.63) is 0 Å². The fourth-order valence-electron chi connectivity index (χ4n) is 1.72. The minimum atomic E-state index is 0.462. The van der Waals surface area contributed by atoms with E-state index in [-0.39, 0.29) is 0 Å². The molecule has 0 amide bonds. The van der Waals surface area contributed by atoms with Gasteiger partial charge in [0.15, 0.2) is 0 Å². The standard InChI is InChI=1S/C7H16N2/c1-7(2)5(8-3)6(7)9-4/h5-6,8-9H,1-4H3/t5-,6-/m1/s1. The minimum absolute atomic E-state index is 0.462. The molecule has 9 heavy (non-hydrogen) atoms. The second-order valence-corrected chi connectivity index (χ2v) is 3.35. The van der Waals surface area contributed by atoms with Crippen LogP contribution in [0.3, 0.4) is 0 Å². The number of likely N-dealkylation sites (N-methyl/N-ethyl adjacent to an activating group) is 2. The molecule has 54 valence electrons. The molecular weight excluding hydrogens is 112 g/mol. The van der Waals surface area contributed by atoms with E-state index >= 15 is 0 Å². The van der Waals surface area contributed by atoms with Crippen LogP contribution >= 0.6 is 0 Å². The molecule has 1 fully saturated rings. The summed E-state index contributed by atoms with van der Waals surface area (Å²) in [5.74, 6) is 0. The van der Waals surface area contributed by atoms with Crippen LogP contribution in [-0.2, 0) is 0 Å². The Kier molecular flexibility index (Phi) is 1.53. The predicted molar refractivity (Wildman–Crippen MR) is 39.5 cm³/mol. The van der Waals surface area contributed by atoms with E-state index < -0.39 is 0 Å². The van der Waals surface area contributed by atoms with Crippen LogP contribution in [0.15, 0.2) is 0 Å². The van der Waals surface area contributed by atoms with Gasteiger partial charge in [-0.15, -0.1) is 0 Å². The Hall–Kier alpha value is -0.0800. The molecule has 2 atom stereocenters. The molecule has 1 rings (SSSR count). The van der Waals surface area contributed by atoms with Gasteiger partial charge in [0.05, 0.1) is 0 Å². The monoisotopic (exact) mass is 128 g/mol.